The molecule has 0 amide bonds. The number of hydrogen-bond acceptors (Lipinski definition) is 3. The Bertz CT molecular complexity index is 581. The lowest BCUT2D eigenvalue weighted by molar-refractivity contribution is -0.154. The zero-order chi connectivity index (χ0) is 15.8. The van der Waals surface area contributed by atoms with E-state index in [1.54, 1.807) is 0 Å². The van der Waals surface area contributed by atoms with Gasteiger partial charge in [-0.3, -0.25) is 9.59 Å². The topological polar surface area (TPSA) is 43.4 Å². The maximum atomic E-state index is 12.4. The molecule has 3 unspecified atom stereocenters. The minimum atomic E-state index is -0.752. The first-order valence-corrected chi connectivity index (χ1v) is 7.54. The second-order valence-electron chi connectivity index (χ2n) is 6.32. The van der Waals surface area contributed by atoms with E-state index in [0.717, 1.165) is 17.5 Å². The number of aryl methyl sites for hydroxylation is 1. The Morgan fingerprint density at radius 1 is 1.43 bits per heavy atom. The Morgan fingerprint density at radius 2 is 2.10 bits per heavy atom. The van der Waals surface area contributed by atoms with Crippen molar-refractivity contribution in [2.45, 2.75) is 39.0 Å². The van der Waals surface area contributed by atoms with E-state index < -0.39 is 17.3 Å². The molecular weight excluding hydrogens is 288 g/mol. The fourth-order valence-electron chi connectivity index (χ4n) is 3.47. The molecule has 3 nitrogen and oxygen atoms in total. The highest BCUT2D eigenvalue weighted by atomic mass is 35.5. The molecule has 0 aliphatic heterocycles. The van der Waals surface area contributed by atoms with Crippen molar-refractivity contribution in [1.82, 2.24) is 0 Å². The van der Waals surface area contributed by atoms with Gasteiger partial charge in [0.1, 0.15) is 11.7 Å². The van der Waals surface area contributed by atoms with Gasteiger partial charge in [-0.25, -0.2) is 0 Å². The molecule has 4 heteroatoms. The van der Waals surface area contributed by atoms with E-state index >= 15 is 0 Å². The number of hydrogen-bond donors (Lipinski definition) is 0. The van der Waals surface area contributed by atoms with Crippen LogP contribution in [0.25, 0.3) is 0 Å². The summed E-state index contributed by atoms with van der Waals surface area (Å²) >= 11 is 6.23. The van der Waals surface area contributed by atoms with Gasteiger partial charge in [0.05, 0.1) is 7.11 Å². The fraction of sp³-hybridized carbons (Fsp3) is 0.529. The molecule has 1 aliphatic rings. The van der Waals surface area contributed by atoms with Crippen LogP contribution in [-0.2, 0) is 19.7 Å². The summed E-state index contributed by atoms with van der Waals surface area (Å²) in [6.45, 7) is 5.93. The maximum absolute atomic E-state index is 12.4. The Labute approximate surface area is 130 Å². The van der Waals surface area contributed by atoms with Crippen LogP contribution in [0.1, 0.15) is 37.8 Å². The zero-order valence-electron chi connectivity index (χ0n) is 12.9. The van der Waals surface area contributed by atoms with Crippen LogP contribution in [0.3, 0.4) is 0 Å². The van der Waals surface area contributed by atoms with Crippen molar-refractivity contribution >= 4 is 23.4 Å². The Balaban J connectivity index is 2.54. The molecule has 1 aliphatic carbocycles. The highest BCUT2D eigenvalue weighted by molar-refractivity contribution is 6.31. The summed E-state index contributed by atoms with van der Waals surface area (Å²) in [6.07, 6.45) is 1.19. The summed E-state index contributed by atoms with van der Waals surface area (Å²) in [4.78, 5) is 24.6. The molecule has 0 spiro atoms. The van der Waals surface area contributed by atoms with E-state index in [4.69, 9.17) is 16.3 Å². The molecule has 0 radical (unpaired) electrons. The number of ether oxygens (including phenoxy) is 1. The van der Waals surface area contributed by atoms with E-state index in [0.29, 0.717) is 11.4 Å². The molecule has 2 rings (SSSR count). The first-order valence-electron chi connectivity index (χ1n) is 7.16. The molecule has 1 aromatic rings. The summed E-state index contributed by atoms with van der Waals surface area (Å²) in [7, 11) is 1.33. The van der Waals surface area contributed by atoms with Gasteiger partial charge in [0.25, 0.3) is 0 Å². The molecule has 1 saturated carbocycles. The Hall–Kier alpha value is -1.35. The third kappa shape index (κ3) is 2.84. The van der Waals surface area contributed by atoms with E-state index in [2.05, 4.69) is 0 Å². The molecule has 0 bridgehead atoms. The number of esters is 1. The molecule has 3 atom stereocenters. The average molecular weight is 309 g/mol. The third-order valence-corrected chi connectivity index (χ3v) is 4.96. The van der Waals surface area contributed by atoms with E-state index in [9.17, 15) is 9.59 Å². The van der Waals surface area contributed by atoms with Crippen LogP contribution in [0.5, 0.6) is 0 Å². The summed E-state index contributed by atoms with van der Waals surface area (Å²) in [6, 6.07) is 5.77. The first kappa shape index (κ1) is 16.0. The van der Waals surface area contributed by atoms with Crippen molar-refractivity contribution in [3.63, 3.8) is 0 Å². The van der Waals surface area contributed by atoms with Crippen LogP contribution in [0.15, 0.2) is 18.2 Å². The highest BCUT2D eigenvalue weighted by Gasteiger charge is 2.49. The normalized spacial score (nSPS) is 29.3. The molecule has 0 saturated heterocycles. The van der Waals surface area contributed by atoms with Crippen LogP contribution in [0.2, 0.25) is 5.02 Å². The summed E-state index contributed by atoms with van der Waals surface area (Å²) in [5, 5.41) is 0.656. The van der Waals surface area contributed by atoms with Gasteiger partial charge in [-0.1, -0.05) is 37.6 Å². The predicted molar refractivity (Wildman–Crippen MR) is 82.5 cm³/mol. The quantitative estimate of drug-likeness (QED) is 0.618. The highest BCUT2D eigenvalue weighted by Crippen LogP contribution is 2.45. The predicted octanol–water partition coefficient (Wildman–Crippen LogP) is 3.69. The number of halogens is 1. The molecule has 21 heavy (non-hydrogen) atoms. The number of rotatable bonds is 2. The standard InChI is InChI=1S/C17H21ClO3/c1-10-7-14(19)15(16(20)21-4)17(3,9-10)12-6-5-11(2)13(18)8-12/h5-6,8,10,15H,7,9H2,1-4H3. The van der Waals surface area contributed by atoms with Crippen molar-refractivity contribution < 1.29 is 14.3 Å². The van der Waals surface area contributed by atoms with Gasteiger partial charge in [0, 0.05) is 16.9 Å². The summed E-state index contributed by atoms with van der Waals surface area (Å²) < 4.78 is 4.87. The van der Waals surface area contributed by atoms with Crippen molar-refractivity contribution in [3.8, 4) is 0 Å². The monoisotopic (exact) mass is 308 g/mol. The van der Waals surface area contributed by atoms with Crippen LogP contribution in [0, 0.1) is 18.8 Å². The number of benzene rings is 1. The lowest BCUT2D eigenvalue weighted by atomic mass is 9.60. The van der Waals surface area contributed by atoms with Gasteiger partial charge < -0.3 is 4.74 Å². The molecule has 114 valence electrons. The maximum Gasteiger partial charge on any atom is 0.317 e. The van der Waals surface area contributed by atoms with Crippen LogP contribution >= 0.6 is 11.6 Å². The number of Topliss-reactive ketones (excluding diaryl/α,β-unsaturated/α-hetero) is 1. The van der Waals surface area contributed by atoms with E-state index in [1.807, 2.05) is 39.0 Å². The number of carbonyl (C=O) groups excluding carboxylic acids is 2. The lowest BCUT2D eigenvalue weighted by Crippen LogP contribution is -2.48. The number of methoxy groups -OCH3 is 1. The van der Waals surface area contributed by atoms with Crippen molar-refractivity contribution in [2.24, 2.45) is 11.8 Å². The second kappa shape index (κ2) is 5.80. The van der Waals surface area contributed by atoms with Crippen molar-refractivity contribution in [2.75, 3.05) is 7.11 Å². The average Bonchev–Trinajstić information content (AvgIpc) is 2.40. The third-order valence-electron chi connectivity index (χ3n) is 4.55. The minimum absolute atomic E-state index is 0.0419. The molecular formula is C17H21ClO3. The van der Waals surface area contributed by atoms with Crippen LogP contribution < -0.4 is 0 Å². The Morgan fingerprint density at radius 3 is 2.67 bits per heavy atom. The van der Waals surface area contributed by atoms with Crippen LogP contribution in [-0.4, -0.2) is 18.9 Å². The van der Waals surface area contributed by atoms with E-state index in [1.165, 1.54) is 7.11 Å². The smallest absolute Gasteiger partial charge is 0.317 e. The van der Waals surface area contributed by atoms with Gasteiger partial charge in [0.2, 0.25) is 0 Å². The van der Waals surface area contributed by atoms with E-state index in [-0.39, 0.29) is 11.7 Å². The van der Waals surface area contributed by atoms with Crippen molar-refractivity contribution in [1.29, 1.82) is 0 Å². The summed E-state index contributed by atoms with van der Waals surface area (Å²) in [5.74, 6) is -1.01. The fourth-order valence-corrected chi connectivity index (χ4v) is 3.65. The zero-order valence-corrected chi connectivity index (χ0v) is 13.7. The van der Waals surface area contributed by atoms with Gasteiger partial charge in [-0.2, -0.15) is 0 Å². The van der Waals surface area contributed by atoms with Gasteiger partial charge in [-0.15, -0.1) is 0 Å². The first-order chi connectivity index (χ1) is 9.79. The lowest BCUT2D eigenvalue weighted by Gasteiger charge is -2.42. The largest absolute Gasteiger partial charge is 0.468 e. The molecule has 0 aromatic heterocycles. The minimum Gasteiger partial charge on any atom is -0.468 e. The van der Waals surface area contributed by atoms with Gasteiger partial charge in [-0.05, 0) is 36.5 Å². The second-order valence-corrected chi connectivity index (χ2v) is 6.72. The van der Waals surface area contributed by atoms with Crippen LogP contribution in [0.4, 0.5) is 0 Å². The Kier molecular flexibility index (Phi) is 4.43. The van der Waals surface area contributed by atoms with Gasteiger partial charge >= 0.3 is 5.97 Å². The molecule has 0 N–H and O–H groups in total. The number of ketones is 1. The SMILES string of the molecule is COC(=O)C1C(=O)CC(C)CC1(C)c1ccc(C)c(Cl)c1. The summed E-state index contributed by atoms with van der Waals surface area (Å²) in [5.41, 5.74) is 1.33. The molecule has 0 heterocycles. The van der Waals surface area contributed by atoms with Crippen molar-refractivity contribution in [3.05, 3.63) is 34.3 Å². The number of carbonyl (C=O) groups is 2. The molecule has 1 fully saturated rings. The molecule has 1 aromatic carbocycles. The van der Waals surface area contributed by atoms with Gasteiger partial charge in [0.15, 0.2) is 0 Å².